The Morgan fingerprint density at radius 3 is 0.808 bits per heavy atom. The Hall–Kier alpha value is -5.93. The molecule has 0 saturated carbocycles. The molecule has 0 bridgehead atoms. The number of hydrogen-bond acceptors (Lipinski definition) is 1. The standard InChI is InChI=1S/C49H45N3/c50-49(51(33-29-41-21-9-17-37-13-1-5-25-45(37)41)34-30-42-22-10-18-38-14-2-6-26-46(38)42)52(35-31-43-23-11-19-39-15-3-7-27-47(39)43)36-32-44-24-12-20-40-16-4-8-28-48(40)44/h1-28,50H,29-36H2. The van der Waals surface area contributed by atoms with Crippen molar-refractivity contribution in [1.29, 1.82) is 5.41 Å². The summed E-state index contributed by atoms with van der Waals surface area (Å²) in [7, 11) is 0. The van der Waals surface area contributed by atoms with E-state index in [1.54, 1.807) is 0 Å². The highest BCUT2D eigenvalue weighted by atomic mass is 15.4. The molecule has 0 heterocycles. The first-order valence-electron chi connectivity index (χ1n) is 18.7. The summed E-state index contributed by atoms with van der Waals surface area (Å²) < 4.78 is 0. The zero-order chi connectivity index (χ0) is 35.1. The summed E-state index contributed by atoms with van der Waals surface area (Å²) in [6, 6.07) is 61.2. The van der Waals surface area contributed by atoms with Crippen LogP contribution in [0.15, 0.2) is 170 Å². The maximum atomic E-state index is 9.97. The molecule has 0 radical (unpaired) electrons. The Bertz CT molecular complexity index is 2120. The van der Waals surface area contributed by atoms with Gasteiger partial charge in [0.2, 0.25) is 0 Å². The number of hydrogen-bond donors (Lipinski definition) is 1. The fraction of sp³-hybridized carbons (Fsp3) is 0.163. The van der Waals surface area contributed by atoms with Crippen LogP contribution in [0.1, 0.15) is 22.3 Å². The van der Waals surface area contributed by atoms with E-state index in [0.29, 0.717) is 5.96 Å². The number of nitrogens with one attached hydrogen (secondary N) is 1. The first kappa shape index (κ1) is 33.2. The topological polar surface area (TPSA) is 30.3 Å². The second kappa shape index (κ2) is 15.5. The summed E-state index contributed by atoms with van der Waals surface area (Å²) in [5, 5.41) is 20.2. The molecule has 0 aliphatic heterocycles. The normalized spacial score (nSPS) is 11.4. The molecule has 0 saturated heterocycles. The van der Waals surface area contributed by atoms with Crippen molar-refractivity contribution < 1.29 is 0 Å². The molecule has 8 rings (SSSR count). The first-order valence-corrected chi connectivity index (χ1v) is 18.7. The minimum atomic E-state index is 0.612. The van der Waals surface area contributed by atoms with Gasteiger partial charge >= 0.3 is 0 Å². The average Bonchev–Trinajstić information content (AvgIpc) is 3.20. The first-order chi connectivity index (χ1) is 25.7. The zero-order valence-electron chi connectivity index (χ0n) is 29.7. The highest BCUT2D eigenvalue weighted by Gasteiger charge is 2.19. The summed E-state index contributed by atoms with van der Waals surface area (Å²) in [5.41, 5.74) is 5.33. The van der Waals surface area contributed by atoms with Crippen molar-refractivity contribution in [2.24, 2.45) is 0 Å². The van der Waals surface area contributed by atoms with Crippen LogP contribution in [0.2, 0.25) is 0 Å². The van der Waals surface area contributed by atoms with Gasteiger partial charge in [0.1, 0.15) is 0 Å². The van der Waals surface area contributed by atoms with Crippen molar-refractivity contribution in [3.8, 4) is 0 Å². The van der Waals surface area contributed by atoms with Gasteiger partial charge in [-0.2, -0.15) is 0 Å². The van der Waals surface area contributed by atoms with Crippen LogP contribution in [-0.4, -0.2) is 41.9 Å². The lowest BCUT2D eigenvalue weighted by Gasteiger charge is -2.34. The van der Waals surface area contributed by atoms with E-state index in [0.717, 1.165) is 51.9 Å². The maximum absolute atomic E-state index is 9.97. The van der Waals surface area contributed by atoms with Crippen LogP contribution in [0.4, 0.5) is 0 Å². The number of benzene rings is 8. The molecule has 8 aromatic carbocycles. The van der Waals surface area contributed by atoms with Gasteiger partial charge in [-0.05, 0) is 91.0 Å². The second-order valence-electron chi connectivity index (χ2n) is 13.9. The van der Waals surface area contributed by atoms with Crippen LogP contribution in [0.25, 0.3) is 43.1 Å². The molecule has 8 aromatic rings. The Labute approximate surface area is 307 Å². The molecular formula is C49H45N3. The lowest BCUT2D eigenvalue weighted by Crippen LogP contribution is -2.47. The van der Waals surface area contributed by atoms with Crippen molar-refractivity contribution >= 4 is 49.0 Å². The van der Waals surface area contributed by atoms with E-state index in [1.165, 1.54) is 65.3 Å². The van der Waals surface area contributed by atoms with Crippen LogP contribution >= 0.6 is 0 Å². The molecule has 0 aliphatic rings. The molecule has 0 spiro atoms. The van der Waals surface area contributed by atoms with Crippen molar-refractivity contribution in [2.75, 3.05) is 26.2 Å². The van der Waals surface area contributed by atoms with E-state index < -0.39 is 0 Å². The van der Waals surface area contributed by atoms with Gasteiger partial charge in [0.25, 0.3) is 0 Å². The summed E-state index contributed by atoms with van der Waals surface area (Å²) in [6.45, 7) is 3.10. The number of nitrogens with zero attached hydrogens (tertiary/aromatic N) is 2. The molecule has 3 nitrogen and oxygen atoms in total. The van der Waals surface area contributed by atoms with Crippen LogP contribution in [0, 0.1) is 5.41 Å². The quantitative estimate of drug-likeness (QED) is 0.103. The van der Waals surface area contributed by atoms with Gasteiger partial charge < -0.3 is 9.80 Å². The number of fused-ring (bicyclic) bond motifs is 4. The van der Waals surface area contributed by atoms with E-state index in [2.05, 4.69) is 180 Å². The van der Waals surface area contributed by atoms with Crippen LogP contribution in [0.5, 0.6) is 0 Å². The minimum absolute atomic E-state index is 0.612. The third-order valence-electron chi connectivity index (χ3n) is 10.7. The molecule has 0 aromatic heterocycles. The Balaban J connectivity index is 1.11. The molecule has 52 heavy (non-hydrogen) atoms. The van der Waals surface area contributed by atoms with Gasteiger partial charge in [0.15, 0.2) is 5.96 Å². The monoisotopic (exact) mass is 675 g/mol. The fourth-order valence-corrected chi connectivity index (χ4v) is 7.91. The van der Waals surface area contributed by atoms with E-state index in [9.17, 15) is 5.41 Å². The average molecular weight is 676 g/mol. The number of rotatable bonds is 12. The van der Waals surface area contributed by atoms with E-state index >= 15 is 0 Å². The molecule has 0 atom stereocenters. The molecule has 1 N–H and O–H groups in total. The predicted octanol–water partition coefficient (Wildman–Crippen LogP) is 11.1. The lowest BCUT2D eigenvalue weighted by atomic mass is 10.0. The Morgan fingerprint density at radius 1 is 0.308 bits per heavy atom. The summed E-state index contributed by atoms with van der Waals surface area (Å²) in [6.07, 6.45) is 3.50. The van der Waals surface area contributed by atoms with Gasteiger partial charge in [-0.3, -0.25) is 5.41 Å². The van der Waals surface area contributed by atoms with E-state index in [-0.39, 0.29) is 0 Å². The predicted molar refractivity (Wildman–Crippen MR) is 221 cm³/mol. The van der Waals surface area contributed by atoms with Crippen molar-refractivity contribution in [2.45, 2.75) is 25.7 Å². The third-order valence-corrected chi connectivity index (χ3v) is 10.7. The van der Waals surface area contributed by atoms with E-state index in [1.807, 2.05) is 0 Å². The third kappa shape index (κ3) is 7.27. The fourth-order valence-electron chi connectivity index (χ4n) is 7.91. The molecule has 0 fully saturated rings. The second-order valence-corrected chi connectivity index (χ2v) is 13.9. The van der Waals surface area contributed by atoms with Crippen molar-refractivity contribution in [3.63, 3.8) is 0 Å². The van der Waals surface area contributed by atoms with Crippen LogP contribution < -0.4 is 0 Å². The zero-order valence-corrected chi connectivity index (χ0v) is 29.7. The summed E-state index contributed by atoms with van der Waals surface area (Å²) >= 11 is 0. The largest absolute Gasteiger partial charge is 0.342 e. The molecule has 0 amide bonds. The van der Waals surface area contributed by atoms with Gasteiger partial charge in [-0.15, -0.1) is 0 Å². The molecule has 3 heteroatoms. The van der Waals surface area contributed by atoms with Gasteiger partial charge in [0.05, 0.1) is 0 Å². The molecular weight excluding hydrogens is 631 g/mol. The van der Waals surface area contributed by atoms with Gasteiger partial charge in [-0.1, -0.05) is 170 Å². The Kier molecular flexibility index (Phi) is 9.93. The number of guanidine groups is 1. The summed E-state index contributed by atoms with van der Waals surface area (Å²) in [4.78, 5) is 4.69. The smallest absolute Gasteiger partial charge is 0.193 e. The van der Waals surface area contributed by atoms with Gasteiger partial charge in [0, 0.05) is 26.2 Å². The highest BCUT2D eigenvalue weighted by Crippen LogP contribution is 2.24. The molecule has 0 aliphatic carbocycles. The van der Waals surface area contributed by atoms with Crippen molar-refractivity contribution in [1.82, 2.24) is 9.80 Å². The van der Waals surface area contributed by atoms with Crippen LogP contribution in [-0.2, 0) is 25.7 Å². The van der Waals surface area contributed by atoms with Crippen molar-refractivity contribution in [3.05, 3.63) is 192 Å². The Morgan fingerprint density at radius 2 is 0.538 bits per heavy atom. The van der Waals surface area contributed by atoms with Crippen LogP contribution in [0.3, 0.4) is 0 Å². The molecule has 0 unspecified atom stereocenters. The molecule has 256 valence electrons. The van der Waals surface area contributed by atoms with E-state index in [4.69, 9.17) is 0 Å². The summed E-state index contributed by atoms with van der Waals surface area (Å²) in [5.74, 6) is 0.612. The lowest BCUT2D eigenvalue weighted by molar-refractivity contribution is 0.318. The maximum Gasteiger partial charge on any atom is 0.193 e. The highest BCUT2D eigenvalue weighted by molar-refractivity contribution is 5.88. The SMILES string of the molecule is N=C(N(CCc1cccc2ccccc12)CCc1cccc2ccccc12)N(CCc1cccc2ccccc12)CCc1cccc2ccccc12. The minimum Gasteiger partial charge on any atom is -0.342 e. The van der Waals surface area contributed by atoms with Gasteiger partial charge in [-0.25, -0.2) is 0 Å².